The first kappa shape index (κ1) is 25.2. The summed E-state index contributed by atoms with van der Waals surface area (Å²) in [6, 6.07) is 18.5. The normalized spacial score (nSPS) is 19.4. The Kier molecular flexibility index (Phi) is 8.41. The van der Waals surface area contributed by atoms with Crippen LogP contribution in [0, 0.1) is 5.92 Å². The highest BCUT2D eigenvalue weighted by atomic mass is 32.2. The molecule has 2 fully saturated rings. The highest BCUT2D eigenvalue weighted by Gasteiger charge is 2.34. The van der Waals surface area contributed by atoms with Crippen molar-refractivity contribution in [2.75, 3.05) is 45.9 Å². The van der Waals surface area contributed by atoms with Gasteiger partial charge in [-0.25, -0.2) is 8.42 Å². The van der Waals surface area contributed by atoms with Gasteiger partial charge in [0.2, 0.25) is 21.8 Å². The van der Waals surface area contributed by atoms with Crippen molar-refractivity contribution in [2.45, 2.75) is 25.0 Å². The summed E-state index contributed by atoms with van der Waals surface area (Å²) in [7, 11) is -3.43. The van der Waals surface area contributed by atoms with E-state index >= 15 is 0 Å². The van der Waals surface area contributed by atoms with Crippen molar-refractivity contribution in [3.8, 4) is 5.75 Å². The lowest BCUT2D eigenvalue weighted by Crippen LogP contribution is -2.54. The van der Waals surface area contributed by atoms with Gasteiger partial charge >= 0.3 is 0 Å². The molecule has 188 valence electrons. The van der Waals surface area contributed by atoms with Gasteiger partial charge in [0.25, 0.3) is 0 Å². The Bertz CT molecular complexity index is 1090. The maximum atomic E-state index is 13.2. The quantitative estimate of drug-likeness (QED) is 0.557. The number of piperidine rings is 1. The number of sulfonamides is 1. The molecule has 0 saturated carbocycles. The van der Waals surface area contributed by atoms with Crippen LogP contribution in [0.1, 0.15) is 24.8 Å². The highest BCUT2D eigenvalue weighted by molar-refractivity contribution is 7.88. The van der Waals surface area contributed by atoms with Crippen molar-refractivity contribution in [2.24, 2.45) is 5.92 Å². The van der Waals surface area contributed by atoms with Gasteiger partial charge in [-0.2, -0.15) is 4.31 Å². The molecule has 8 nitrogen and oxygen atoms in total. The molecule has 0 aromatic heterocycles. The number of rotatable bonds is 8. The number of benzene rings is 2. The summed E-state index contributed by atoms with van der Waals surface area (Å²) in [4.78, 5) is 29.4. The molecule has 0 N–H and O–H groups in total. The summed E-state index contributed by atoms with van der Waals surface area (Å²) in [5.41, 5.74) is 0.757. The predicted molar refractivity (Wildman–Crippen MR) is 133 cm³/mol. The van der Waals surface area contributed by atoms with Crippen LogP contribution in [0.15, 0.2) is 60.7 Å². The van der Waals surface area contributed by atoms with Crippen molar-refractivity contribution >= 4 is 21.8 Å². The minimum absolute atomic E-state index is 0.00439. The predicted octanol–water partition coefficient (Wildman–Crippen LogP) is 2.37. The van der Waals surface area contributed by atoms with Crippen LogP contribution in [-0.4, -0.2) is 80.2 Å². The van der Waals surface area contributed by atoms with E-state index in [1.807, 2.05) is 48.5 Å². The van der Waals surface area contributed by atoms with Crippen LogP contribution >= 0.6 is 0 Å². The number of hydrogen-bond acceptors (Lipinski definition) is 5. The molecule has 1 atom stereocenters. The summed E-state index contributed by atoms with van der Waals surface area (Å²) in [5.74, 6) is 0.473. The lowest BCUT2D eigenvalue weighted by molar-refractivity contribution is -0.142. The van der Waals surface area contributed by atoms with E-state index in [0.29, 0.717) is 45.9 Å². The number of para-hydroxylation sites is 1. The van der Waals surface area contributed by atoms with E-state index in [1.54, 1.807) is 21.9 Å². The van der Waals surface area contributed by atoms with E-state index in [1.165, 1.54) is 4.31 Å². The molecule has 0 aliphatic carbocycles. The van der Waals surface area contributed by atoms with Gasteiger partial charge in [0.05, 0.1) is 24.7 Å². The first-order valence-corrected chi connectivity index (χ1v) is 13.8. The number of piperazine rings is 1. The average molecular weight is 500 g/mol. The summed E-state index contributed by atoms with van der Waals surface area (Å²) < 4.78 is 32.7. The Hall–Kier alpha value is -2.91. The van der Waals surface area contributed by atoms with Crippen molar-refractivity contribution in [3.05, 3.63) is 66.2 Å². The van der Waals surface area contributed by atoms with Gasteiger partial charge < -0.3 is 14.5 Å². The monoisotopic (exact) mass is 499 g/mol. The number of amides is 2. The zero-order valence-corrected chi connectivity index (χ0v) is 20.7. The van der Waals surface area contributed by atoms with E-state index in [2.05, 4.69) is 0 Å². The molecule has 0 radical (unpaired) electrons. The Morgan fingerprint density at radius 3 is 2.20 bits per heavy atom. The second-order valence-electron chi connectivity index (χ2n) is 9.06. The number of likely N-dealkylation sites (tertiary alicyclic amines) is 1. The molecule has 35 heavy (non-hydrogen) atoms. The number of nitrogens with zero attached hydrogens (tertiary/aromatic N) is 3. The van der Waals surface area contributed by atoms with Gasteiger partial charge in [-0.1, -0.05) is 48.5 Å². The standard InChI is InChI=1S/C26H33N3O5S/c30-25(13-19-34-24-11-5-2-6-12-24)28-14-7-10-23(20-28)26(31)27-15-17-29(18-16-27)35(32,33)21-22-8-3-1-4-9-22/h1-6,8-9,11-12,23H,7,10,13-21H2. The minimum Gasteiger partial charge on any atom is -0.493 e. The second kappa shape index (κ2) is 11.7. The van der Waals surface area contributed by atoms with Crippen LogP contribution in [-0.2, 0) is 25.4 Å². The molecule has 2 saturated heterocycles. The smallest absolute Gasteiger partial charge is 0.227 e. The maximum Gasteiger partial charge on any atom is 0.227 e. The first-order valence-electron chi connectivity index (χ1n) is 12.2. The minimum atomic E-state index is -3.43. The molecule has 2 aromatic rings. The fourth-order valence-corrected chi connectivity index (χ4v) is 6.17. The lowest BCUT2D eigenvalue weighted by Gasteiger charge is -2.38. The topological polar surface area (TPSA) is 87.2 Å². The third kappa shape index (κ3) is 6.82. The van der Waals surface area contributed by atoms with E-state index < -0.39 is 10.0 Å². The zero-order valence-electron chi connectivity index (χ0n) is 19.9. The summed E-state index contributed by atoms with van der Waals surface area (Å²) >= 11 is 0. The molecule has 0 spiro atoms. The Balaban J connectivity index is 1.24. The maximum absolute atomic E-state index is 13.2. The molecule has 1 unspecified atom stereocenters. The summed E-state index contributed by atoms with van der Waals surface area (Å²) in [5, 5.41) is 0. The molecule has 2 aliphatic rings. The fraction of sp³-hybridized carbons (Fsp3) is 0.462. The van der Waals surface area contributed by atoms with Crippen molar-refractivity contribution in [3.63, 3.8) is 0 Å². The molecular weight excluding hydrogens is 466 g/mol. The van der Waals surface area contributed by atoms with E-state index in [4.69, 9.17) is 4.74 Å². The summed E-state index contributed by atoms with van der Waals surface area (Å²) in [6.07, 6.45) is 1.80. The largest absolute Gasteiger partial charge is 0.493 e. The molecule has 2 aromatic carbocycles. The zero-order chi connectivity index (χ0) is 24.7. The van der Waals surface area contributed by atoms with Gasteiger partial charge in [-0.3, -0.25) is 9.59 Å². The van der Waals surface area contributed by atoms with Crippen molar-refractivity contribution < 1.29 is 22.7 Å². The SMILES string of the molecule is O=C(CCOc1ccccc1)N1CCCC(C(=O)N2CCN(S(=O)(=O)Cc3ccccc3)CC2)C1. The Labute approximate surface area is 207 Å². The fourth-order valence-electron chi connectivity index (χ4n) is 4.66. The number of hydrogen-bond donors (Lipinski definition) is 0. The van der Waals surface area contributed by atoms with Crippen LogP contribution < -0.4 is 4.74 Å². The van der Waals surface area contributed by atoms with Crippen LogP contribution in [0.5, 0.6) is 5.75 Å². The summed E-state index contributed by atoms with van der Waals surface area (Å²) in [6.45, 7) is 2.72. The highest BCUT2D eigenvalue weighted by Crippen LogP contribution is 2.22. The van der Waals surface area contributed by atoms with Crippen molar-refractivity contribution in [1.82, 2.24) is 14.1 Å². The number of carbonyl (C=O) groups is 2. The molecule has 2 amide bonds. The van der Waals surface area contributed by atoms with Gasteiger partial charge in [0, 0.05) is 39.3 Å². The molecule has 4 rings (SSSR count). The van der Waals surface area contributed by atoms with Crippen LogP contribution in [0.2, 0.25) is 0 Å². The van der Waals surface area contributed by atoms with Gasteiger partial charge in [0.15, 0.2) is 0 Å². The number of ether oxygens (including phenoxy) is 1. The lowest BCUT2D eigenvalue weighted by atomic mass is 9.96. The molecule has 2 aliphatic heterocycles. The first-order chi connectivity index (χ1) is 16.9. The Morgan fingerprint density at radius 2 is 1.51 bits per heavy atom. The van der Waals surface area contributed by atoms with E-state index in [0.717, 1.165) is 24.2 Å². The van der Waals surface area contributed by atoms with Gasteiger partial charge in [-0.15, -0.1) is 0 Å². The second-order valence-corrected chi connectivity index (χ2v) is 11.0. The Morgan fingerprint density at radius 1 is 0.857 bits per heavy atom. The molecule has 2 heterocycles. The molecule has 0 bridgehead atoms. The average Bonchev–Trinajstić information content (AvgIpc) is 2.89. The number of carbonyl (C=O) groups excluding carboxylic acids is 2. The third-order valence-electron chi connectivity index (χ3n) is 6.59. The van der Waals surface area contributed by atoms with Gasteiger partial charge in [-0.05, 0) is 30.5 Å². The van der Waals surface area contributed by atoms with Crippen LogP contribution in [0.25, 0.3) is 0 Å². The third-order valence-corrected chi connectivity index (χ3v) is 8.44. The van der Waals surface area contributed by atoms with Gasteiger partial charge in [0.1, 0.15) is 5.75 Å². The molecule has 9 heteroatoms. The van der Waals surface area contributed by atoms with E-state index in [-0.39, 0.29) is 29.9 Å². The van der Waals surface area contributed by atoms with E-state index in [9.17, 15) is 18.0 Å². The van der Waals surface area contributed by atoms with Crippen molar-refractivity contribution in [1.29, 1.82) is 0 Å². The van der Waals surface area contributed by atoms with Crippen LogP contribution in [0.3, 0.4) is 0 Å². The molecular formula is C26H33N3O5S. The van der Waals surface area contributed by atoms with Crippen LogP contribution in [0.4, 0.5) is 0 Å².